The van der Waals surface area contributed by atoms with Crippen LogP contribution in [0.5, 0.6) is 0 Å². The first kappa shape index (κ1) is 15.2. The van der Waals surface area contributed by atoms with Gasteiger partial charge in [-0.3, -0.25) is 0 Å². The molecule has 0 aromatic carbocycles. The van der Waals surface area contributed by atoms with Crippen LogP contribution >= 0.6 is 0 Å². The standard InChI is InChI=1S/C16H17N7O2/c1-9-5-11(21-24-9)7-18-15-14-13(19-16(17)20-15)3-4-23(14)8-12-6-10(2)25-22-12/h3-6H,7-8H2,1-2H3,(H3,17,18,19,20). The number of nitrogens with zero attached hydrogens (tertiary/aromatic N) is 5. The smallest absolute Gasteiger partial charge is 0.222 e. The van der Waals surface area contributed by atoms with Crippen LogP contribution in [0.4, 0.5) is 11.8 Å². The van der Waals surface area contributed by atoms with Crippen LogP contribution in [0, 0.1) is 13.8 Å². The molecule has 9 nitrogen and oxygen atoms in total. The Hall–Kier alpha value is -3.36. The van der Waals surface area contributed by atoms with Gasteiger partial charge >= 0.3 is 0 Å². The van der Waals surface area contributed by atoms with E-state index in [2.05, 4.69) is 25.6 Å². The molecule has 0 bridgehead atoms. The molecule has 0 radical (unpaired) electrons. The van der Waals surface area contributed by atoms with Crippen LogP contribution in [0.15, 0.2) is 33.4 Å². The van der Waals surface area contributed by atoms with Crippen molar-refractivity contribution in [3.8, 4) is 0 Å². The quantitative estimate of drug-likeness (QED) is 0.568. The van der Waals surface area contributed by atoms with Gasteiger partial charge in [-0.25, -0.2) is 4.98 Å². The van der Waals surface area contributed by atoms with Crippen LogP contribution < -0.4 is 11.1 Å². The van der Waals surface area contributed by atoms with Crippen molar-refractivity contribution >= 4 is 22.8 Å². The predicted octanol–water partition coefficient (Wildman–Crippen LogP) is 2.27. The molecule has 0 spiro atoms. The molecule has 0 aliphatic carbocycles. The van der Waals surface area contributed by atoms with Crippen LogP contribution in [-0.2, 0) is 13.1 Å². The van der Waals surface area contributed by atoms with Gasteiger partial charge in [0.2, 0.25) is 5.95 Å². The molecular weight excluding hydrogens is 322 g/mol. The molecule has 0 unspecified atom stereocenters. The summed E-state index contributed by atoms with van der Waals surface area (Å²) in [4.78, 5) is 8.63. The van der Waals surface area contributed by atoms with Gasteiger partial charge in [0.05, 0.1) is 18.6 Å². The third kappa shape index (κ3) is 3.03. The number of aryl methyl sites for hydroxylation is 2. The van der Waals surface area contributed by atoms with Gasteiger partial charge in [-0.1, -0.05) is 10.3 Å². The zero-order valence-electron chi connectivity index (χ0n) is 13.9. The van der Waals surface area contributed by atoms with Gasteiger partial charge in [0, 0.05) is 18.3 Å². The first-order valence-corrected chi connectivity index (χ1v) is 7.79. The number of fused-ring (bicyclic) bond motifs is 1. The summed E-state index contributed by atoms with van der Waals surface area (Å²) >= 11 is 0. The number of aromatic nitrogens is 5. The molecule has 0 atom stereocenters. The minimum Gasteiger partial charge on any atom is -0.368 e. The van der Waals surface area contributed by atoms with Gasteiger partial charge in [0.1, 0.15) is 28.4 Å². The highest BCUT2D eigenvalue weighted by atomic mass is 16.5. The average Bonchev–Trinajstić information content (AvgIpc) is 3.27. The third-order valence-corrected chi connectivity index (χ3v) is 3.75. The average molecular weight is 339 g/mol. The van der Waals surface area contributed by atoms with E-state index < -0.39 is 0 Å². The van der Waals surface area contributed by atoms with Crippen molar-refractivity contribution < 1.29 is 9.05 Å². The van der Waals surface area contributed by atoms with Crippen molar-refractivity contribution in [2.75, 3.05) is 11.1 Å². The summed E-state index contributed by atoms with van der Waals surface area (Å²) in [5.74, 6) is 2.37. The van der Waals surface area contributed by atoms with E-state index in [0.29, 0.717) is 18.9 Å². The van der Waals surface area contributed by atoms with Crippen molar-refractivity contribution in [2.24, 2.45) is 0 Å². The maximum absolute atomic E-state index is 5.83. The van der Waals surface area contributed by atoms with Gasteiger partial charge < -0.3 is 24.7 Å². The summed E-state index contributed by atoms with van der Waals surface area (Å²) in [6.07, 6.45) is 1.92. The zero-order chi connectivity index (χ0) is 17.4. The van der Waals surface area contributed by atoms with Gasteiger partial charge in [-0.05, 0) is 19.9 Å². The fourth-order valence-electron chi connectivity index (χ4n) is 2.72. The van der Waals surface area contributed by atoms with Gasteiger partial charge in [0.25, 0.3) is 0 Å². The third-order valence-electron chi connectivity index (χ3n) is 3.75. The molecule has 128 valence electrons. The normalized spacial score (nSPS) is 11.3. The van der Waals surface area contributed by atoms with E-state index in [1.807, 2.05) is 42.8 Å². The number of hydrogen-bond acceptors (Lipinski definition) is 8. The summed E-state index contributed by atoms with van der Waals surface area (Å²) in [6, 6.07) is 5.66. The molecule has 0 aliphatic rings. The van der Waals surface area contributed by atoms with Crippen molar-refractivity contribution in [1.29, 1.82) is 0 Å². The molecule has 4 aromatic heterocycles. The van der Waals surface area contributed by atoms with E-state index in [1.165, 1.54) is 0 Å². The minimum absolute atomic E-state index is 0.210. The lowest BCUT2D eigenvalue weighted by Crippen LogP contribution is -2.08. The molecule has 0 amide bonds. The maximum atomic E-state index is 5.83. The van der Waals surface area contributed by atoms with Crippen molar-refractivity contribution in [1.82, 2.24) is 24.8 Å². The monoisotopic (exact) mass is 339 g/mol. The predicted molar refractivity (Wildman–Crippen MR) is 90.8 cm³/mol. The van der Waals surface area contributed by atoms with E-state index in [0.717, 1.165) is 33.9 Å². The molecule has 25 heavy (non-hydrogen) atoms. The highest BCUT2D eigenvalue weighted by Crippen LogP contribution is 2.24. The van der Waals surface area contributed by atoms with Crippen LogP contribution in [0.3, 0.4) is 0 Å². The second kappa shape index (κ2) is 5.93. The van der Waals surface area contributed by atoms with Gasteiger partial charge in [-0.15, -0.1) is 0 Å². The lowest BCUT2D eigenvalue weighted by molar-refractivity contribution is 0.389. The van der Waals surface area contributed by atoms with Gasteiger partial charge in [0.15, 0.2) is 5.82 Å². The Morgan fingerprint density at radius 1 is 1.08 bits per heavy atom. The number of nitrogen functional groups attached to an aromatic ring is 1. The van der Waals surface area contributed by atoms with E-state index in [9.17, 15) is 0 Å². The highest BCUT2D eigenvalue weighted by molar-refractivity contribution is 5.87. The fraction of sp³-hybridized carbons (Fsp3) is 0.250. The highest BCUT2D eigenvalue weighted by Gasteiger charge is 2.13. The fourth-order valence-corrected chi connectivity index (χ4v) is 2.72. The summed E-state index contributed by atoms with van der Waals surface area (Å²) < 4.78 is 12.2. The summed E-state index contributed by atoms with van der Waals surface area (Å²) in [6.45, 7) is 4.73. The summed E-state index contributed by atoms with van der Waals surface area (Å²) in [5, 5.41) is 11.3. The Morgan fingerprint density at radius 2 is 1.80 bits per heavy atom. The number of anilines is 2. The van der Waals surface area contributed by atoms with E-state index in [1.54, 1.807) is 0 Å². The number of nitrogens with one attached hydrogen (secondary N) is 1. The van der Waals surface area contributed by atoms with Crippen molar-refractivity contribution in [3.63, 3.8) is 0 Å². The first-order chi connectivity index (χ1) is 12.1. The van der Waals surface area contributed by atoms with Crippen molar-refractivity contribution in [2.45, 2.75) is 26.9 Å². The molecule has 9 heteroatoms. The lowest BCUT2D eigenvalue weighted by atomic mass is 10.3. The molecule has 0 aliphatic heterocycles. The van der Waals surface area contributed by atoms with Crippen LogP contribution in [0.2, 0.25) is 0 Å². The molecule has 0 saturated heterocycles. The Kier molecular flexibility index (Phi) is 3.60. The van der Waals surface area contributed by atoms with Gasteiger partial charge in [-0.2, -0.15) is 4.98 Å². The largest absolute Gasteiger partial charge is 0.368 e. The van der Waals surface area contributed by atoms with Crippen LogP contribution in [-0.4, -0.2) is 24.8 Å². The lowest BCUT2D eigenvalue weighted by Gasteiger charge is -2.09. The number of nitrogens with two attached hydrogens (primary N) is 1. The Morgan fingerprint density at radius 3 is 2.48 bits per heavy atom. The second-order valence-electron chi connectivity index (χ2n) is 5.82. The topological polar surface area (TPSA) is 121 Å². The Balaban J connectivity index is 1.67. The van der Waals surface area contributed by atoms with E-state index in [-0.39, 0.29) is 5.95 Å². The minimum atomic E-state index is 0.210. The second-order valence-corrected chi connectivity index (χ2v) is 5.82. The molecule has 0 saturated carbocycles. The molecule has 3 N–H and O–H groups in total. The molecule has 4 heterocycles. The van der Waals surface area contributed by atoms with Crippen molar-refractivity contribution in [3.05, 3.63) is 47.3 Å². The first-order valence-electron chi connectivity index (χ1n) is 7.79. The van der Waals surface area contributed by atoms with Crippen LogP contribution in [0.1, 0.15) is 22.9 Å². The number of rotatable bonds is 5. The SMILES string of the molecule is Cc1cc(CNc2nc(N)nc3ccn(Cc4cc(C)on4)c23)no1. The summed E-state index contributed by atoms with van der Waals surface area (Å²) in [5.41, 5.74) is 9.04. The molecular formula is C16H17N7O2. The Labute approximate surface area is 142 Å². The van der Waals surface area contributed by atoms with E-state index in [4.69, 9.17) is 14.8 Å². The van der Waals surface area contributed by atoms with E-state index >= 15 is 0 Å². The summed E-state index contributed by atoms with van der Waals surface area (Å²) in [7, 11) is 0. The zero-order valence-corrected chi connectivity index (χ0v) is 13.9. The molecule has 0 fully saturated rings. The molecule has 4 aromatic rings. The Bertz CT molecular complexity index is 1030. The molecule has 4 rings (SSSR count). The number of hydrogen-bond donors (Lipinski definition) is 2. The van der Waals surface area contributed by atoms with Crippen LogP contribution in [0.25, 0.3) is 11.0 Å². The maximum Gasteiger partial charge on any atom is 0.222 e.